The monoisotopic (exact) mass is 290 g/mol. The quantitative estimate of drug-likeness (QED) is 0.921. The first-order chi connectivity index (χ1) is 9.83. The van der Waals surface area contributed by atoms with Crippen molar-refractivity contribution in [2.75, 3.05) is 13.1 Å². The SMILES string of the molecule is CC1CN(Cc2ccccc2CNC(C)(C)C)CC(C)O1. The van der Waals surface area contributed by atoms with Gasteiger partial charge < -0.3 is 10.1 Å². The molecular formula is C18H30N2O. The maximum absolute atomic E-state index is 5.82. The van der Waals surface area contributed by atoms with E-state index in [0.29, 0.717) is 12.2 Å². The lowest BCUT2D eigenvalue weighted by atomic mass is 10.0. The van der Waals surface area contributed by atoms with E-state index in [4.69, 9.17) is 4.74 Å². The largest absolute Gasteiger partial charge is 0.373 e. The standard InChI is InChI=1S/C18H30N2O/c1-14-11-20(12-15(2)21-14)13-17-9-7-6-8-16(17)10-19-18(3,4)5/h6-9,14-15,19H,10-13H2,1-5H3. The molecule has 1 N–H and O–H groups in total. The first-order valence-electron chi connectivity index (χ1n) is 8.03. The Kier molecular flexibility index (Phi) is 5.42. The van der Waals surface area contributed by atoms with Crippen LogP contribution in [0.5, 0.6) is 0 Å². The van der Waals surface area contributed by atoms with E-state index in [2.05, 4.69) is 69.1 Å². The van der Waals surface area contributed by atoms with Crippen LogP contribution < -0.4 is 5.32 Å². The van der Waals surface area contributed by atoms with Crippen molar-refractivity contribution in [3.8, 4) is 0 Å². The summed E-state index contributed by atoms with van der Waals surface area (Å²) in [5, 5.41) is 3.59. The zero-order valence-corrected chi connectivity index (χ0v) is 14.1. The van der Waals surface area contributed by atoms with Crippen molar-refractivity contribution in [1.29, 1.82) is 0 Å². The molecule has 2 atom stereocenters. The lowest BCUT2D eigenvalue weighted by molar-refractivity contribution is -0.0705. The van der Waals surface area contributed by atoms with Crippen molar-refractivity contribution in [2.24, 2.45) is 0 Å². The molecule has 3 heteroatoms. The lowest BCUT2D eigenvalue weighted by Gasteiger charge is -2.35. The van der Waals surface area contributed by atoms with E-state index in [-0.39, 0.29) is 5.54 Å². The van der Waals surface area contributed by atoms with E-state index in [9.17, 15) is 0 Å². The first kappa shape index (κ1) is 16.5. The zero-order chi connectivity index (χ0) is 15.5. The molecule has 0 spiro atoms. The smallest absolute Gasteiger partial charge is 0.0678 e. The van der Waals surface area contributed by atoms with Gasteiger partial charge in [-0.3, -0.25) is 4.90 Å². The number of rotatable bonds is 4. The number of ether oxygens (including phenoxy) is 1. The summed E-state index contributed by atoms with van der Waals surface area (Å²) in [6.45, 7) is 14.9. The Morgan fingerprint density at radius 3 is 2.24 bits per heavy atom. The zero-order valence-electron chi connectivity index (χ0n) is 14.1. The molecule has 2 rings (SSSR count). The van der Waals surface area contributed by atoms with Gasteiger partial charge in [-0.05, 0) is 45.7 Å². The molecule has 1 heterocycles. The van der Waals surface area contributed by atoms with E-state index in [0.717, 1.165) is 26.2 Å². The molecule has 1 saturated heterocycles. The molecule has 1 fully saturated rings. The number of morpholine rings is 1. The van der Waals surface area contributed by atoms with Crippen LogP contribution >= 0.6 is 0 Å². The van der Waals surface area contributed by atoms with Gasteiger partial charge in [-0.15, -0.1) is 0 Å². The van der Waals surface area contributed by atoms with Gasteiger partial charge in [0.1, 0.15) is 0 Å². The topological polar surface area (TPSA) is 24.5 Å². The molecule has 0 aliphatic carbocycles. The van der Waals surface area contributed by atoms with Gasteiger partial charge in [0.2, 0.25) is 0 Å². The molecule has 0 aromatic heterocycles. The van der Waals surface area contributed by atoms with E-state index >= 15 is 0 Å². The molecule has 1 aliphatic heterocycles. The maximum Gasteiger partial charge on any atom is 0.0678 e. The van der Waals surface area contributed by atoms with Gasteiger partial charge in [-0.2, -0.15) is 0 Å². The average Bonchev–Trinajstić information content (AvgIpc) is 2.35. The molecule has 0 saturated carbocycles. The second kappa shape index (κ2) is 6.91. The molecule has 0 radical (unpaired) electrons. The first-order valence-corrected chi connectivity index (χ1v) is 8.03. The maximum atomic E-state index is 5.82. The van der Waals surface area contributed by atoms with Crippen molar-refractivity contribution in [3.05, 3.63) is 35.4 Å². The Balaban J connectivity index is 2.02. The van der Waals surface area contributed by atoms with Crippen LogP contribution in [0.1, 0.15) is 45.7 Å². The average molecular weight is 290 g/mol. The summed E-state index contributed by atoms with van der Waals surface area (Å²) in [6.07, 6.45) is 0.655. The second-order valence-corrected chi connectivity index (χ2v) is 7.32. The summed E-state index contributed by atoms with van der Waals surface area (Å²) < 4.78 is 5.82. The second-order valence-electron chi connectivity index (χ2n) is 7.32. The van der Waals surface area contributed by atoms with Crippen LogP contribution in [-0.2, 0) is 17.8 Å². The van der Waals surface area contributed by atoms with Crippen LogP contribution in [0.4, 0.5) is 0 Å². The number of benzene rings is 1. The molecule has 3 nitrogen and oxygen atoms in total. The Morgan fingerprint density at radius 2 is 1.67 bits per heavy atom. The van der Waals surface area contributed by atoms with Crippen LogP contribution in [0.25, 0.3) is 0 Å². The third-order valence-electron chi connectivity index (χ3n) is 3.82. The Morgan fingerprint density at radius 1 is 1.10 bits per heavy atom. The Bertz CT molecular complexity index is 443. The number of hydrogen-bond acceptors (Lipinski definition) is 3. The lowest BCUT2D eigenvalue weighted by Crippen LogP contribution is -2.45. The van der Waals surface area contributed by atoms with Gasteiger partial charge in [0.15, 0.2) is 0 Å². The van der Waals surface area contributed by atoms with Gasteiger partial charge in [-0.25, -0.2) is 0 Å². The van der Waals surface area contributed by atoms with Crippen LogP contribution in [0.3, 0.4) is 0 Å². The van der Waals surface area contributed by atoms with Gasteiger partial charge in [0.25, 0.3) is 0 Å². The summed E-state index contributed by atoms with van der Waals surface area (Å²) in [7, 11) is 0. The van der Waals surface area contributed by atoms with Crippen molar-refractivity contribution in [3.63, 3.8) is 0 Å². The molecular weight excluding hydrogens is 260 g/mol. The highest BCUT2D eigenvalue weighted by Crippen LogP contribution is 2.17. The van der Waals surface area contributed by atoms with E-state index < -0.39 is 0 Å². The minimum Gasteiger partial charge on any atom is -0.373 e. The fraction of sp³-hybridized carbons (Fsp3) is 0.667. The predicted octanol–water partition coefficient (Wildman–Crippen LogP) is 3.18. The highest BCUT2D eigenvalue weighted by atomic mass is 16.5. The van der Waals surface area contributed by atoms with Gasteiger partial charge in [0, 0.05) is 31.7 Å². The van der Waals surface area contributed by atoms with Crippen molar-refractivity contribution < 1.29 is 4.74 Å². The van der Waals surface area contributed by atoms with Gasteiger partial charge in [0.05, 0.1) is 12.2 Å². The van der Waals surface area contributed by atoms with E-state index in [1.807, 2.05) is 0 Å². The summed E-state index contributed by atoms with van der Waals surface area (Å²) in [5.74, 6) is 0. The molecule has 118 valence electrons. The third-order valence-corrected chi connectivity index (χ3v) is 3.82. The van der Waals surface area contributed by atoms with E-state index in [1.165, 1.54) is 11.1 Å². The third kappa shape index (κ3) is 5.42. The molecule has 0 amide bonds. The highest BCUT2D eigenvalue weighted by molar-refractivity contribution is 5.27. The number of nitrogens with zero attached hydrogens (tertiary/aromatic N) is 1. The summed E-state index contributed by atoms with van der Waals surface area (Å²) in [4.78, 5) is 2.51. The number of hydrogen-bond donors (Lipinski definition) is 1. The normalized spacial score (nSPS) is 24.2. The summed E-state index contributed by atoms with van der Waals surface area (Å²) >= 11 is 0. The van der Waals surface area contributed by atoms with Gasteiger partial charge in [-0.1, -0.05) is 24.3 Å². The minimum atomic E-state index is 0.148. The Labute approximate surface area is 129 Å². The summed E-state index contributed by atoms with van der Waals surface area (Å²) in [5.41, 5.74) is 2.98. The van der Waals surface area contributed by atoms with Crippen LogP contribution in [-0.4, -0.2) is 35.7 Å². The Hall–Kier alpha value is -0.900. The van der Waals surface area contributed by atoms with Crippen molar-refractivity contribution in [1.82, 2.24) is 10.2 Å². The fourth-order valence-electron chi connectivity index (χ4n) is 2.90. The van der Waals surface area contributed by atoms with Crippen LogP contribution in [0.15, 0.2) is 24.3 Å². The molecule has 0 bridgehead atoms. The molecule has 21 heavy (non-hydrogen) atoms. The fourth-order valence-corrected chi connectivity index (χ4v) is 2.90. The molecule has 1 aromatic carbocycles. The van der Waals surface area contributed by atoms with Crippen LogP contribution in [0, 0.1) is 0 Å². The predicted molar refractivity (Wildman–Crippen MR) is 88.3 cm³/mol. The van der Waals surface area contributed by atoms with Crippen LogP contribution in [0.2, 0.25) is 0 Å². The number of nitrogens with one attached hydrogen (secondary N) is 1. The summed E-state index contributed by atoms with van der Waals surface area (Å²) in [6, 6.07) is 8.77. The molecule has 1 aromatic rings. The van der Waals surface area contributed by atoms with Crippen molar-refractivity contribution in [2.45, 2.75) is 65.5 Å². The van der Waals surface area contributed by atoms with Crippen molar-refractivity contribution >= 4 is 0 Å². The molecule has 2 unspecified atom stereocenters. The minimum absolute atomic E-state index is 0.148. The van der Waals surface area contributed by atoms with E-state index in [1.54, 1.807) is 0 Å². The molecule has 1 aliphatic rings. The van der Waals surface area contributed by atoms with Gasteiger partial charge >= 0.3 is 0 Å². The highest BCUT2D eigenvalue weighted by Gasteiger charge is 2.22.